The van der Waals surface area contributed by atoms with Crippen LogP contribution in [0.25, 0.3) is 11.1 Å². The molecule has 1 aromatic heterocycles. The molecule has 0 bridgehead atoms. The minimum Gasteiger partial charge on any atom is -0.368 e. The third-order valence-corrected chi connectivity index (χ3v) is 6.06. The van der Waals surface area contributed by atoms with Gasteiger partial charge in [0.25, 0.3) is 5.91 Å². The van der Waals surface area contributed by atoms with Crippen molar-refractivity contribution in [3.8, 4) is 17.2 Å². The van der Waals surface area contributed by atoms with Gasteiger partial charge in [-0.25, -0.2) is 13.8 Å². The van der Waals surface area contributed by atoms with Crippen LogP contribution < -0.4 is 16.0 Å². The Kier molecular flexibility index (Phi) is 5.40. The third kappa shape index (κ3) is 4.37. The fourth-order valence-corrected chi connectivity index (χ4v) is 4.23. The molecule has 1 aliphatic carbocycles. The second-order valence-corrected chi connectivity index (χ2v) is 8.94. The van der Waals surface area contributed by atoms with E-state index < -0.39 is 17.2 Å². The van der Waals surface area contributed by atoms with E-state index in [1.54, 1.807) is 0 Å². The number of halogens is 2. The van der Waals surface area contributed by atoms with E-state index in [0.29, 0.717) is 31.1 Å². The van der Waals surface area contributed by atoms with Crippen molar-refractivity contribution in [3.63, 3.8) is 0 Å². The van der Waals surface area contributed by atoms with Gasteiger partial charge in [-0.05, 0) is 56.7 Å². The number of nitrogens with zero attached hydrogens (tertiary/aromatic N) is 3. The molecule has 1 aromatic carbocycles. The van der Waals surface area contributed by atoms with Crippen molar-refractivity contribution in [3.05, 3.63) is 47.3 Å². The molecule has 31 heavy (non-hydrogen) atoms. The van der Waals surface area contributed by atoms with Crippen LogP contribution in [0.2, 0.25) is 0 Å². The summed E-state index contributed by atoms with van der Waals surface area (Å²) in [4.78, 5) is 19.3. The standard InChI is InChI=1S/C23H25F2N5O/c1-13(14-3-4-14)29-22(31)18-11-28-19(10-26)20(15-7-16(24)9-17(25)8-15)21(18)30-6-5-23(2,27)12-30/h7-9,11,13-14H,3-6,12,27H2,1-2H3,(H,29,31)/t13?,23-/m0/s1. The van der Waals surface area contributed by atoms with Gasteiger partial charge < -0.3 is 16.0 Å². The maximum absolute atomic E-state index is 14.1. The predicted molar refractivity (Wildman–Crippen MR) is 113 cm³/mol. The number of hydrogen-bond donors (Lipinski definition) is 2. The number of hydrogen-bond acceptors (Lipinski definition) is 5. The van der Waals surface area contributed by atoms with Gasteiger partial charge in [-0.2, -0.15) is 5.26 Å². The molecule has 1 saturated heterocycles. The van der Waals surface area contributed by atoms with Crippen LogP contribution in [0.5, 0.6) is 0 Å². The molecule has 8 heteroatoms. The van der Waals surface area contributed by atoms with E-state index >= 15 is 0 Å². The normalized spacial score (nSPS) is 21.6. The van der Waals surface area contributed by atoms with E-state index in [4.69, 9.17) is 5.73 Å². The molecular formula is C23H25F2N5O. The fourth-order valence-electron chi connectivity index (χ4n) is 4.23. The second kappa shape index (κ2) is 7.89. The van der Waals surface area contributed by atoms with E-state index in [9.17, 15) is 18.8 Å². The van der Waals surface area contributed by atoms with Crippen LogP contribution in [0.4, 0.5) is 14.5 Å². The summed E-state index contributed by atoms with van der Waals surface area (Å²) in [7, 11) is 0. The van der Waals surface area contributed by atoms with E-state index in [1.807, 2.05) is 24.8 Å². The average Bonchev–Trinajstić information content (AvgIpc) is 3.49. The number of benzene rings is 1. The largest absolute Gasteiger partial charge is 0.368 e. The summed E-state index contributed by atoms with van der Waals surface area (Å²) in [6, 6.07) is 5.08. The molecule has 1 aliphatic heterocycles. The van der Waals surface area contributed by atoms with Crippen LogP contribution in [-0.2, 0) is 0 Å². The van der Waals surface area contributed by atoms with Gasteiger partial charge in [-0.15, -0.1) is 0 Å². The number of anilines is 1. The maximum Gasteiger partial charge on any atom is 0.255 e. The molecule has 162 valence electrons. The predicted octanol–water partition coefficient (Wildman–Crippen LogP) is 3.35. The van der Waals surface area contributed by atoms with Crippen molar-refractivity contribution >= 4 is 11.6 Å². The number of nitrogens with two attached hydrogens (primary N) is 1. The van der Waals surface area contributed by atoms with E-state index in [2.05, 4.69) is 10.3 Å². The Bertz CT molecular complexity index is 1050. The summed E-state index contributed by atoms with van der Waals surface area (Å²) in [6.45, 7) is 4.86. The van der Waals surface area contributed by atoms with E-state index in [1.165, 1.54) is 6.20 Å². The highest BCUT2D eigenvalue weighted by Gasteiger charge is 2.36. The SMILES string of the molecule is CC(NC(=O)c1cnc(C#N)c(-c2cc(F)cc(F)c2)c1N1CC[C@](C)(N)C1)C1CC1. The summed E-state index contributed by atoms with van der Waals surface area (Å²) in [5.41, 5.74) is 6.94. The van der Waals surface area contributed by atoms with Crippen LogP contribution in [0, 0.1) is 28.9 Å². The number of rotatable bonds is 5. The fraction of sp³-hybridized carbons (Fsp3) is 0.435. The van der Waals surface area contributed by atoms with Crippen molar-refractivity contribution in [2.75, 3.05) is 18.0 Å². The number of amides is 1. The Morgan fingerprint density at radius 3 is 2.58 bits per heavy atom. The molecule has 2 fully saturated rings. The molecule has 0 radical (unpaired) electrons. The zero-order valence-electron chi connectivity index (χ0n) is 17.6. The van der Waals surface area contributed by atoms with Crippen LogP contribution in [-0.4, -0.2) is 35.6 Å². The quantitative estimate of drug-likeness (QED) is 0.766. The third-order valence-electron chi connectivity index (χ3n) is 6.06. The number of carbonyl (C=O) groups is 1. The maximum atomic E-state index is 14.1. The lowest BCUT2D eigenvalue weighted by molar-refractivity contribution is 0.0936. The van der Waals surface area contributed by atoms with Crippen molar-refractivity contribution in [2.24, 2.45) is 11.7 Å². The summed E-state index contributed by atoms with van der Waals surface area (Å²) < 4.78 is 28.1. The molecule has 1 unspecified atom stereocenters. The van der Waals surface area contributed by atoms with Crippen molar-refractivity contribution in [1.29, 1.82) is 5.26 Å². The van der Waals surface area contributed by atoms with Gasteiger partial charge in [0.15, 0.2) is 0 Å². The average molecular weight is 425 g/mol. The number of nitrogens with one attached hydrogen (secondary N) is 1. The molecule has 2 atom stereocenters. The van der Waals surface area contributed by atoms with Gasteiger partial charge in [-0.3, -0.25) is 4.79 Å². The Morgan fingerprint density at radius 2 is 2.03 bits per heavy atom. The van der Waals surface area contributed by atoms with Crippen LogP contribution in [0.15, 0.2) is 24.4 Å². The Balaban J connectivity index is 1.89. The summed E-state index contributed by atoms with van der Waals surface area (Å²) in [5.74, 6) is -1.41. The van der Waals surface area contributed by atoms with Gasteiger partial charge in [0.05, 0.1) is 11.3 Å². The second-order valence-electron chi connectivity index (χ2n) is 8.94. The lowest BCUT2D eigenvalue weighted by atomic mass is 9.97. The van der Waals surface area contributed by atoms with Gasteiger partial charge in [0, 0.05) is 42.5 Å². The first-order valence-corrected chi connectivity index (χ1v) is 10.4. The minimum atomic E-state index is -0.771. The molecular weight excluding hydrogens is 400 g/mol. The first-order valence-electron chi connectivity index (χ1n) is 10.4. The molecule has 4 rings (SSSR count). The summed E-state index contributed by atoms with van der Waals surface area (Å²) in [6.07, 6.45) is 4.19. The van der Waals surface area contributed by atoms with Gasteiger partial charge >= 0.3 is 0 Å². The number of nitriles is 1. The molecule has 1 amide bonds. The molecule has 2 aromatic rings. The minimum absolute atomic E-state index is 0.00239. The number of pyridine rings is 1. The highest BCUT2D eigenvalue weighted by Crippen LogP contribution is 2.40. The van der Waals surface area contributed by atoms with Crippen molar-refractivity contribution in [1.82, 2.24) is 10.3 Å². The van der Waals surface area contributed by atoms with Crippen LogP contribution >= 0.6 is 0 Å². The number of carbonyl (C=O) groups excluding carboxylic acids is 1. The lowest BCUT2D eigenvalue weighted by Crippen LogP contribution is -2.40. The van der Waals surface area contributed by atoms with Crippen LogP contribution in [0.1, 0.15) is 49.2 Å². The van der Waals surface area contributed by atoms with Crippen LogP contribution in [0.3, 0.4) is 0 Å². The zero-order valence-corrected chi connectivity index (χ0v) is 17.6. The Labute approximate surface area is 180 Å². The van der Waals surface area contributed by atoms with Gasteiger partial charge in [-0.1, -0.05) is 0 Å². The molecule has 2 heterocycles. The molecule has 0 spiro atoms. The monoisotopic (exact) mass is 425 g/mol. The van der Waals surface area contributed by atoms with E-state index in [0.717, 1.165) is 31.0 Å². The van der Waals surface area contributed by atoms with Crippen molar-refractivity contribution in [2.45, 2.75) is 44.7 Å². The zero-order chi connectivity index (χ0) is 22.3. The highest BCUT2D eigenvalue weighted by molar-refractivity contribution is 6.04. The highest BCUT2D eigenvalue weighted by atomic mass is 19.1. The Hall–Kier alpha value is -3.05. The van der Waals surface area contributed by atoms with E-state index in [-0.39, 0.29) is 34.3 Å². The first kappa shape index (κ1) is 21.2. The van der Waals surface area contributed by atoms with Gasteiger partial charge in [0.1, 0.15) is 23.4 Å². The van der Waals surface area contributed by atoms with Gasteiger partial charge in [0.2, 0.25) is 0 Å². The number of aromatic nitrogens is 1. The summed E-state index contributed by atoms with van der Waals surface area (Å²) >= 11 is 0. The molecule has 2 aliphatic rings. The molecule has 1 saturated carbocycles. The topological polar surface area (TPSA) is 95.0 Å². The lowest BCUT2D eigenvalue weighted by Gasteiger charge is -2.27. The molecule has 6 nitrogen and oxygen atoms in total. The first-order chi connectivity index (χ1) is 14.7. The summed E-state index contributed by atoms with van der Waals surface area (Å²) in [5, 5.41) is 12.7. The Morgan fingerprint density at radius 1 is 1.35 bits per heavy atom. The van der Waals surface area contributed by atoms with Crippen molar-refractivity contribution < 1.29 is 13.6 Å². The smallest absolute Gasteiger partial charge is 0.255 e. The molecule has 3 N–H and O–H groups in total.